The number of carbonyl (C=O) groups excluding carboxylic acids is 2. The number of hydrogen-bond acceptors (Lipinski definition) is 7. The van der Waals surface area contributed by atoms with Gasteiger partial charge in [-0.25, -0.2) is 10.2 Å². The quantitative estimate of drug-likeness (QED) is 0.0664. The number of halogens is 1. The van der Waals surface area contributed by atoms with E-state index in [4.69, 9.17) is 18.9 Å². The topological polar surface area (TPSA) is 111 Å². The standard InChI is InChI=1S/C34H30BrN3O6/c1-4-42-29-15-11-22(18-30(29)43-5-2)34(40)44-28-16-12-24(35)17-23(28)20-36-38-33(39)32-31(21-9-7-6-8-10-21)26-19-25(41-3)13-14-27(26)37-32/h6-20,37H,4-5H2,1-3H3,(H,38,39). The van der Waals surface area contributed by atoms with E-state index < -0.39 is 11.9 Å². The summed E-state index contributed by atoms with van der Waals surface area (Å²) in [5, 5.41) is 5.03. The Bertz CT molecular complexity index is 1830. The monoisotopic (exact) mass is 655 g/mol. The molecule has 1 aromatic heterocycles. The second-order valence-corrected chi connectivity index (χ2v) is 10.4. The number of carbonyl (C=O) groups is 2. The fraction of sp³-hybridized carbons (Fsp3) is 0.147. The third-order valence-electron chi connectivity index (χ3n) is 6.62. The molecule has 5 aromatic rings. The Labute approximate surface area is 262 Å². The van der Waals surface area contributed by atoms with Crippen LogP contribution in [0.5, 0.6) is 23.0 Å². The maximum Gasteiger partial charge on any atom is 0.343 e. The van der Waals surface area contributed by atoms with Crippen LogP contribution in [0.25, 0.3) is 22.0 Å². The lowest BCUT2D eigenvalue weighted by atomic mass is 10.0. The van der Waals surface area contributed by atoms with Crippen LogP contribution in [0.15, 0.2) is 94.5 Å². The number of nitrogens with zero attached hydrogens (tertiary/aromatic N) is 1. The molecular formula is C34H30BrN3O6. The fourth-order valence-corrected chi connectivity index (χ4v) is 5.02. The summed E-state index contributed by atoms with van der Waals surface area (Å²) in [4.78, 5) is 29.7. The van der Waals surface area contributed by atoms with E-state index in [0.29, 0.717) is 47.3 Å². The summed E-state index contributed by atoms with van der Waals surface area (Å²) >= 11 is 3.45. The maximum absolute atomic E-state index is 13.4. The van der Waals surface area contributed by atoms with Gasteiger partial charge in [0.05, 0.1) is 32.1 Å². The summed E-state index contributed by atoms with van der Waals surface area (Å²) < 4.78 is 23.1. The first-order valence-electron chi connectivity index (χ1n) is 13.9. The third-order valence-corrected chi connectivity index (χ3v) is 7.11. The van der Waals surface area contributed by atoms with Crippen molar-refractivity contribution < 1.29 is 28.5 Å². The molecule has 9 nitrogen and oxygen atoms in total. The molecular weight excluding hydrogens is 626 g/mol. The van der Waals surface area contributed by atoms with Gasteiger partial charge in [-0.1, -0.05) is 46.3 Å². The van der Waals surface area contributed by atoms with Crippen LogP contribution in [0.3, 0.4) is 0 Å². The number of amides is 1. The fourth-order valence-electron chi connectivity index (χ4n) is 4.64. The first kappa shape index (κ1) is 30.4. The first-order chi connectivity index (χ1) is 21.4. The molecule has 4 aromatic carbocycles. The van der Waals surface area contributed by atoms with Gasteiger partial charge in [-0.2, -0.15) is 5.10 Å². The largest absolute Gasteiger partial charge is 0.497 e. The van der Waals surface area contributed by atoms with Crippen molar-refractivity contribution in [1.82, 2.24) is 10.4 Å². The van der Waals surface area contributed by atoms with Crippen molar-refractivity contribution in [3.05, 3.63) is 106 Å². The molecule has 0 bridgehead atoms. The number of aromatic nitrogens is 1. The number of methoxy groups -OCH3 is 1. The van der Waals surface area contributed by atoms with Gasteiger partial charge in [0.1, 0.15) is 17.2 Å². The molecule has 0 saturated carbocycles. The zero-order valence-electron chi connectivity index (χ0n) is 24.3. The highest BCUT2D eigenvalue weighted by atomic mass is 79.9. The smallest absolute Gasteiger partial charge is 0.343 e. The molecule has 10 heteroatoms. The summed E-state index contributed by atoms with van der Waals surface area (Å²) in [6, 6.07) is 25.2. The molecule has 0 atom stereocenters. The highest BCUT2D eigenvalue weighted by Gasteiger charge is 2.20. The molecule has 0 fully saturated rings. The van der Waals surface area contributed by atoms with Crippen molar-refractivity contribution in [1.29, 1.82) is 0 Å². The average molecular weight is 657 g/mol. The zero-order valence-corrected chi connectivity index (χ0v) is 25.9. The molecule has 0 radical (unpaired) electrons. The van der Waals surface area contributed by atoms with E-state index in [1.165, 1.54) is 6.21 Å². The molecule has 0 unspecified atom stereocenters. The van der Waals surface area contributed by atoms with E-state index in [-0.39, 0.29) is 5.75 Å². The number of hydrazone groups is 1. The highest BCUT2D eigenvalue weighted by molar-refractivity contribution is 9.10. The van der Waals surface area contributed by atoms with Gasteiger partial charge in [0.15, 0.2) is 11.5 Å². The van der Waals surface area contributed by atoms with E-state index in [1.54, 1.807) is 43.5 Å². The molecule has 224 valence electrons. The summed E-state index contributed by atoms with van der Waals surface area (Å²) in [7, 11) is 1.60. The van der Waals surface area contributed by atoms with Gasteiger partial charge in [0, 0.05) is 26.5 Å². The van der Waals surface area contributed by atoms with Gasteiger partial charge >= 0.3 is 5.97 Å². The van der Waals surface area contributed by atoms with Crippen molar-refractivity contribution in [2.75, 3.05) is 20.3 Å². The van der Waals surface area contributed by atoms with Crippen molar-refractivity contribution in [2.24, 2.45) is 5.10 Å². The van der Waals surface area contributed by atoms with Crippen LogP contribution in [0.2, 0.25) is 0 Å². The number of ether oxygens (including phenoxy) is 4. The Morgan fingerprint density at radius 2 is 1.64 bits per heavy atom. The number of hydrogen-bond donors (Lipinski definition) is 2. The number of benzene rings is 4. The normalized spacial score (nSPS) is 11.0. The first-order valence-corrected chi connectivity index (χ1v) is 14.7. The van der Waals surface area contributed by atoms with Gasteiger partial charge in [-0.3, -0.25) is 4.79 Å². The predicted octanol–water partition coefficient (Wildman–Crippen LogP) is 7.39. The molecule has 2 N–H and O–H groups in total. The maximum atomic E-state index is 13.4. The van der Waals surface area contributed by atoms with Crippen LogP contribution in [-0.4, -0.2) is 43.4 Å². The molecule has 44 heavy (non-hydrogen) atoms. The molecule has 5 rings (SSSR count). The van der Waals surface area contributed by atoms with E-state index in [1.807, 2.05) is 62.4 Å². The van der Waals surface area contributed by atoms with Gasteiger partial charge in [-0.05, 0) is 74.0 Å². The number of esters is 1. The summed E-state index contributed by atoms with van der Waals surface area (Å²) in [5.74, 6) is 0.898. The number of rotatable bonds is 11. The number of nitrogens with one attached hydrogen (secondary N) is 2. The molecule has 0 aliphatic rings. The molecule has 0 spiro atoms. The van der Waals surface area contributed by atoms with Crippen molar-refractivity contribution in [3.8, 4) is 34.1 Å². The van der Waals surface area contributed by atoms with Crippen LogP contribution >= 0.6 is 15.9 Å². The highest BCUT2D eigenvalue weighted by Crippen LogP contribution is 2.35. The number of H-pyrrole nitrogens is 1. The minimum atomic E-state index is -0.587. The summed E-state index contributed by atoms with van der Waals surface area (Å²) in [6.45, 7) is 4.60. The summed E-state index contributed by atoms with van der Waals surface area (Å²) in [5.41, 5.74) is 6.08. The molecule has 0 aliphatic heterocycles. The van der Waals surface area contributed by atoms with Gasteiger partial charge in [0.25, 0.3) is 5.91 Å². The minimum Gasteiger partial charge on any atom is -0.497 e. The Morgan fingerprint density at radius 3 is 2.39 bits per heavy atom. The molecule has 0 saturated heterocycles. The SMILES string of the molecule is CCOc1ccc(C(=O)Oc2ccc(Br)cc2C=NNC(=O)c2[nH]c3ccc(OC)cc3c2-c2ccccc2)cc1OCC. The second kappa shape index (κ2) is 13.9. The van der Waals surface area contributed by atoms with E-state index in [2.05, 4.69) is 31.4 Å². The number of fused-ring (bicyclic) bond motifs is 1. The lowest BCUT2D eigenvalue weighted by molar-refractivity contribution is 0.0733. The molecule has 1 heterocycles. The molecule has 0 aliphatic carbocycles. The third kappa shape index (κ3) is 6.76. The van der Waals surface area contributed by atoms with Crippen molar-refractivity contribution in [2.45, 2.75) is 13.8 Å². The van der Waals surface area contributed by atoms with Gasteiger partial charge in [-0.15, -0.1) is 0 Å². The molecule has 1 amide bonds. The Morgan fingerprint density at radius 1 is 0.886 bits per heavy atom. The van der Waals surface area contributed by atoms with Gasteiger partial charge in [0.2, 0.25) is 0 Å². The van der Waals surface area contributed by atoms with Crippen LogP contribution in [0.1, 0.15) is 40.3 Å². The summed E-state index contributed by atoms with van der Waals surface area (Å²) in [6.07, 6.45) is 1.42. The average Bonchev–Trinajstić information content (AvgIpc) is 3.42. The predicted molar refractivity (Wildman–Crippen MR) is 173 cm³/mol. The van der Waals surface area contributed by atoms with Crippen molar-refractivity contribution in [3.63, 3.8) is 0 Å². The number of aromatic amines is 1. The van der Waals surface area contributed by atoms with Crippen LogP contribution in [0, 0.1) is 0 Å². The minimum absolute atomic E-state index is 0.255. The van der Waals surface area contributed by atoms with Crippen molar-refractivity contribution >= 4 is 44.9 Å². The van der Waals surface area contributed by atoms with Crippen LogP contribution in [-0.2, 0) is 0 Å². The lowest BCUT2D eigenvalue weighted by Crippen LogP contribution is -2.19. The second-order valence-electron chi connectivity index (χ2n) is 9.45. The Balaban J connectivity index is 1.39. The van der Waals surface area contributed by atoms with E-state index in [0.717, 1.165) is 26.5 Å². The van der Waals surface area contributed by atoms with E-state index >= 15 is 0 Å². The van der Waals surface area contributed by atoms with Crippen LogP contribution in [0.4, 0.5) is 0 Å². The zero-order chi connectivity index (χ0) is 31.1. The van der Waals surface area contributed by atoms with Gasteiger partial charge < -0.3 is 23.9 Å². The Hall–Kier alpha value is -5.09. The Kier molecular flexibility index (Phi) is 9.61. The lowest BCUT2D eigenvalue weighted by Gasteiger charge is -2.13. The van der Waals surface area contributed by atoms with E-state index in [9.17, 15) is 9.59 Å². The van der Waals surface area contributed by atoms with Crippen LogP contribution < -0.4 is 24.4 Å².